The number of fused-ring (bicyclic) bond motifs is 1. The Morgan fingerprint density at radius 2 is 1.96 bits per heavy atom. The number of hydrogen-bond donors (Lipinski definition) is 1. The van der Waals surface area contributed by atoms with Gasteiger partial charge in [0.2, 0.25) is 0 Å². The van der Waals surface area contributed by atoms with E-state index in [1.54, 1.807) is 43.4 Å². The maximum Gasteiger partial charge on any atom is 0.340 e. The van der Waals surface area contributed by atoms with Crippen LogP contribution in [0.25, 0.3) is 11.0 Å². The topological polar surface area (TPSA) is 77.8 Å². The number of nitrogens with one attached hydrogen (secondary N) is 1. The number of rotatable bonds is 5. The van der Waals surface area contributed by atoms with Crippen LogP contribution < -0.4 is 15.7 Å². The normalized spacial score (nSPS) is 10.5. The molecular weight excluding hydrogens is 322 g/mol. The SMILES string of the molecule is CNc1ccccc1C(=O)OCc1cc(=O)oc2cc(OC)ccc12. The van der Waals surface area contributed by atoms with Crippen molar-refractivity contribution in [2.45, 2.75) is 6.61 Å². The Hall–Kier alpha value is -3.28. The molecule has 0 aliphatic rings. The lowest BCUT2D eigenvalue weighted by Gasteiger charge is -2.10. The number of hydrogen-bond acceptors (Lipinski definition) is 6. The summed E-state index contributed by atoms with van der Waals surface area (Å²) in [5.74, 6) is 0.104. The number of anilines is 1. The minimum atomic E-state index is -0.512. The highest BCUT2D eigenvalue weighted by Gasteiger charge is 2.14. The zero-order chi connectivity index (χ0) is 17.8. The number of carbonyl (C=O) groups excluding carboxylic acids is 1. The number of methoxy groups -OCH3 is 1. The van der Waals surface area contributed by atoms with Crippen molar-refractivity contribution in [2.24, 2.45) is 0 Å². The molecule has 0 amide bonds. The molecule has 0 aliphatic carbocycles. The largest absolute Gasteiger partial charge is 0.497 e. The molecule has 0 bridgehead atoms. The molecule has 0 saturated heterocycles. The zero-order valence-corrected chi connectivity index (χ0v) is 13.9. The van der Waals surface area contributed by atoms with E-state index in [2.05, 4.69) is 5.32 Å². The average Bonchev–Trinajstić information content (AvgIpc) is 2.65. The third-order valence-corrected chi connectivity index (χ3v) is 3.81. The number of carbonyl (C=O) groups is 1. The second-order valence-electron chi connectivity index (χ2n) is 5.32. The first-order valence-electron chi connectivity index (χ1n) is 7.67. The van der Waals surface area contributed by atoms with E-state index < -0.39 is 11.6 Å². The van der Waals surface area contributed by atoms with Crippen molar-refractivity contribution in [1.82, 2.24) is 0 Å². The summed E-state index contributed by atoms with van der Waals surface area (Å²) >= 11 is 0. The molecule has 128 valence electrons. The molecule has 1 heterocycles. The highest BCUT2D eigenvalue weighted by molar-refractivity contribution is 5.95. The lowest BCUT2D eigenvalue weighted by Crippen LogP contribution is -2.10. The van der Waals surface area contributed by atoms with Crippen LogP contribution in [0.5, 0.6) is 5.75 Å². The van der Waals surface area contributed by atoms with Crippen molar-refractivity contribution in [3.8, 4) is 5.75 Å². The molecule has 2 aromatic carbocycles. The Labute approximate surface area is 144 Å². The van der Waals surface area contributed by atoms with Crippen LogP contribution in [-0.4, -0.2) is 20.1 Å². The molecule has 6 heteroatoms. The molecule has 0 aliphatic heterocycles. The third kappa shape index (κ3) is 3.47. The number of ether oxygens (including phenoxy) is 2. The Kier molecular flexibility index (Phi) is 4.70. The summed E-state index contributed by atoms with van der Waals surface area (Å²) < 4.78 is 15.7. The highest BCUT2D eigenvalue weighted by Crippen LogP contribution is 2.23. The lowest BCUT2D eigenvalue weighted by atomic mass is 10.1. The maximum absolute atomic E-state index is 12.3. The van der Waals surface area contributed by atoms with E-state index >= 15 is 0 Å². The van der Waals surface area contributed by atoms with Crippen molar-refractivity contribution < 1.29 is 18.7 Å². The second-order valence-corrected chi connectivity index (χ2v) is 5.32. The fourth-order valence-electron chi connectivity index (χ4n) is 2.56. The molecule has 1 N–H and O–H groups in total. The number of para-hydroxylation sites is 1. The van der Waals surface area contributed by atoms with Crippen LogP contribution in [0, 0.1) is 0 Å². The van der Waals surface area contributed by atoms with Gasteiger partial charge in [0.1, 0.15) is 17.9 Å². The third-order valence-electron chi connectivity index (χ3n) is 3.81. The van der Waals surface area contributed by atoms with Crippen molar-refractivity contribution in [3.05, 3.63) is 70.1 Å². The van der Waals surface area contributed by atoms with Crippen LogP contribution in [-0.2, 0) is 11.3 Å². The van der Waals surface area contributed by atoms with E-state index in [-0.39, 0.29) is 6.61 Å². The maximum atomic E-state index is 12.3. The first-order chi connectivity index (χ1) is 12.1. The van der Waals surface area contributed by atoms with Crippen molar-refractivity contribution >= 4 is 22.6 Å². The molecule has 0 fully saturated rings. The summed E-state index contributed by atoms with van der Waals surface area (Å²) in [7, 11) is 3.26. The number of benzene rings is 2. The standard InChI is InChI=1S/C19H17NO5/c1-20-16-6-4-3-5-15(16)19(22)24-11-12-9-18(21)25-17-10-13(23-2)7-8-14(12)17/h3-10,20H,11H2,1-2H3. The van der Waals surface area contributed by atoms with Gasteiger partial charge in [0, 0.05) is 35.8 Å². The molecule has 1 aromatic heterocycles. The van der Waals surface area contributed by atoms with Crippen LogP contribution in [0.3, 0.4) is 0 Å². The summed E-state index contributed by atoms with van der Waals surface area (Å²) in [6.45, 7) is -0.0364. The van der Waals surface area contributed by atoms with Gasteiger partial charge in [0.05, 0.1) is 12.7 Å². The van der Waals surface area contributed by atoms with Crippen molar-refractivity contribution in [2.75, 3.05) is 19.5 Å². The van der Waals surface area contributed by atoms with Gasteiger partial charge in [0.15, 0.2) is 0 Å². The minimum Gasteiger partial charge on any atom is -0.497 e. The minimum absolute atomic E-state index is 0.0364. The summed E-state index contributed by atoms with van der Waals surface area (Å²) in [5.41, 5.74) is 1.55. The summed E-state index contributed by atoms with van der Waals surface area (Å²) in [6, 6.07) is 13.5. The smallest absolute Gasteiger partial charge is 0.340 e. The van der Waals surface area contributed by atoms with Gasteiger partial charge in [-0.15, -0.1) is 0 Å². The predicted molar refractivity (Wildman–Crippen MR) is 94.1 cm³/mol. The number of esters is 1. The average molecular weight is 339 g/mol. The van der Waals surface area contributed by atoms with Gasteiger partial charge in [-0.3, -0.25) is 0 Å². The first-order valence-corrected chi connectivity index (χ1v) is 7.67. The van der Waals surface area contributed by atoms with E-state index in [1.807, 2.05) is 6.07 Å². The monoisotopic (exact) mass is 339 g/mol. The quantitative estimate of drug-likeness (QED) is 0.568. The van der Waals surface area contributed by atoms with E-state index in [0.29, 0.717) is 33.5 Å². The van der Waals surface area contributed by atoms with Crippen LogP contribution >= 0.6 is 0 Å². The molecule has 0 atom stereocenters. The molecule has 0 saturated carbocycles. The molecule has 3 rings (SSSR count). The van der Waals surface area contributed by atoms with Crippen LogP contribution in [0.4, 0.5) is 5.69 Å². The fraction of sp³-hybridized carbons (Fsp3) is 0.158. The van der Waals surface area contributed by atoms with Gasteiger partial charge >= 0.3 is 11.6 Å². The van der Waals surface area contributed by atoms with Crippen LogP contribution in [0.2, 0.25) is 0 Å². The van der Waals surface area contributed by atoms with E-state index in [4.69, 9.17) is 13.9 Å². The van der Waals surface area contributed by atoms with Crippen LogP contribution in [0.1, 0.15) is 15.9 Å². The molecule has 0 radical (unpaired) electrons. The van der Waals surface area contributed by atoms with Gasteiger partial charge in [-0.05, 0) is 24.3 Å². The Bertz CT molecular complexity index is 977. The molecular formula is C19H17NO5. The molecule has 25 heavy (non-hydrogen) atoms. The van der Waals surface area contributed by atoms with E-state index in [0.717, 1.165) is 0 Å². The molecule has 0 spiro atoms. The summed E-state index contributed by atoms with van der Waals surface area (Å²) in [5, 5.41) is 3.64. The fourth-order valence-corrected chi connectivity index (χ4v) is 2.56. The van der Waals surface area contributed by atoms with Gasteiger partial charge in [-0.1, -0.05) is 12.1 Å². The second kappa shape index (κ2) is 7.09. The highest BCUT2D eigenvalue weighted by atomic mass is 16.5. The van der Waals surface area contributed by atoms with Gasteiger partial charge in [-0.2, -0.15) is 0 Å². The zero-order valence-electron chi connectivity index (χ0n) is 13.9. The van der Waals surface area contributed by atoms with Gasteiger partial charge < -0.3 is 19.2 Å². The van der Waals surface area contributed by atoms with Gasteiger partial charge in [0.25, 0.3) is 0 Å². The summed E-state index contributed by atoms with van der Waals surface area (Å²) in [6.07, 6.45) is 0. The van der Waals surface area contributed by atoms with Crippen molar-refractivity contribution in [3.63, 3.8) is 0 Å². The summed E-state index contributed by atoms with van der Waals surface area (Å²) in [4.78, 5) is 24.1. The van der Waals surface area contributed by atoms with E-state index in [1.165, 1.54) is 13.2 Å². The first kappa shape index (κ1) is 16.6. The Morgan fingerprint density at radius 3 is 2.72 bits per heavy atom. The van der Waals surface area contributed by atoms with Gasteiger partial charge in [-0.25, -0.2) is 9.59 Å². The molecule has 6 nitrogen and oxygen atoms in total. The van der Waals surface area contributed by atoms with Crippen molar-refractivity contribution in [1.29, 1.82) is 0 Å². The molecule has 0 unspecified atom stereocenters. The van der Waals surface area contributed by atoms with E-state index in [9.17, 15) is 9.59 Å². The van der Waals surface area contributed by atoms with Crippen LogP contribution in [0.15, 0.2) is 57.7 Å². The predicted octanol–water partition coefficient (Wildman–Crippen LogP) is 3.20. The molecule has 3 aromatic rings. The Morgan fingerprint density at radius 1 is 1.16 bits per heavy atom. The lowest BCUT2D eigenvalue weighted by molar-refractivity contribution is 0.0475. The Balaban J connectivity index is 1.88.